The molecule has 2 heteroatoms. The normalized spacial score (nSPS) is 29.2. The van der Waals surface area contributed by atoms with Crippen molar-refractivity contribution in [3.63, 3.8) is 0 Å². The van der Waals surface area contributed by atoms with Crippen LogP contribution in [0.25, 0.3) is 0 Å². The molecule has 1 aromatic rings. The fraction of sp³-hybridized carbons (Fsp3) is 0.600. The van der Waals surface area contributed by atoms with E-state index in [-0.39, 0.29) is 0 Å². The van der Waals surface area contributed by atoms with Gasteiger partial charge < -0.3 is 5.32 Å². The minimum Gasteiger partial charge on any atom is -0.316 e. The predicted octanol–water partition coefficient (Wildman–Crippen LogP) is 3.86. The van der Waals surface area contributed by atoms with Crippen LogP contribution in [-0.4, -0.2) is 18.3 Å². The Kier molecular flexibility index (Phi) is 4.52. The molecule has 3 unspecified atom stereocenters. The smallest absolute Gasteiger partial charge is 0.0250 e. The molecule has 0 aromatic heterocycles. The average molecular weight is 249 g/mol. The lowest BCUT2D eigenvalue weighted by Crippen LogP contribution is -2.40. The summed E-state index contributed by atoms with van der Waals surface area (Å²) in [4.78, 5) is 1.42. The highest BCUT2D eigenvalue weighted by Crippen LogP contribution is 2.36. The molecule has 1 nitrogen and oxygen atoms in total. The molecule has 0 spiro atoms. The van der Waals surface area contributed by atoms with E-state index >= 15 is 0 Å². The maximum absolute atomic E-state index is 3.49. The number of hydrogen-bond acceptors (Lipinski definition) is 2. The van der Waals surface area contributed by atoms with Crippen LogP contribution >= 0.6 is 11.8 Å². The number of hydrogen-bond donors (Lipinski definition) is 1. The van der Waals surface area contributed by atoms with Gasteiger partial charge in [0.15, 0.2) is 0 Å². The zero-order chi connectivity index (χ0) is 12.3. The number of aryl methyl sites for hydroxylation is 1. The van der Waals surface area contributed by atoms with Crippen LogP contribution in [0.4, 0.5) is 0 Å². The Morgan fingerprint density at radius 3 is 2.82 bits per heavy atom. The third kappa shape index (κ3) is 3.49. The molecular formula is C15H23NS. The lowest BCUT2D eigenvalue weighted by molar-refractivity contribution is 0.329. The molecule has 1 aromatic carbocycles. The summed E-state index contributed by atoms with van der Waals surface area (Å²) < 4.78 is 0. The van der Waals surface area contributed by atoms with Crippen LogP contribution in [0.1, 0.15) is 31.7 Å². The van der Waals surface area contributed by atoms with Crippen molar-refractivity contribution in [1.29, 1.82) is 0 Å². The summed E-state index contributed by atoms with van der Waals surface area (Å²) in [5.41, 5.74) is 1.36. The van der Waals surface area contributed by atoms with Gasteiger partial charge in [-0.2, -0.15) is 0 Å². The van der Waals surface area contributed by atoms with E-state index in [0.717, 1.165) is 11.2 Å². The van der Waals surface area contributed by atoms with Crippen LogP contribution in [0.15, 0.2) is 29.2 Å². The molecule has 1 aliphatic carbocycles. The van der Waals surface area contributed by atoms with Gasteiger partial charge in [-0.15, -0.1) is 11.8 Å². The Labute approximate surface area is 109 Å². The first-order chi connectivity index (χ1) is 8.19. The summed E-state index contributed by atoms with van der Waals surface area (Å²) in [6.07, 6.45) is 4.03. The number of rotatable bonds is 3. The van der Waals surface area contributed by atoms with E-state index in [1.807, 2.05) is 0 Å². The zero-order valence-electron chi connectivity index (χ0n) is 11.1. The van der Waals surface area contributed by atoms with Crippen LogP contribution in [-0.2, 0) is 0 Å². The number of benzene rings is 1. The first-order valence-corrected chi connectivity index (χ1v) is 7.47. The standard InChI is InChI=1S/C15H23NS/c1-11-5-4-6-13(9-11)17-15-10-12(2)7-8-14(15)16-3/h4-6,9,12,14-16H,7-8,10H2,1-3H3. The van der Waals surface area contributed by atoms with Crippen LogP contribution in [0, 0.1) is 12.8 Å². The van der Waals surface area contributed by atoms with Crippen LogP contribution in [0.2, 0.25) is 0 Å². The third-order valence-electron chi connectivity index (χ3n) is 3.70. The van der Waals surface area contributed by atoms with Crippen LogP contribution < -0.4 is 5.32 Å². The van der Waals surface area contributed by atoms with Gasteiger partial charge in [0, 0.05) is 16.2 Å². The number of nitrogens with one attached hydrogen (secondary N) is 1. The first kappa shape index (κ1) is 13.0. The minimum atomic E-state index is 0.678. The molecule has 1 saturated carbocycles. The molecule has 2 rings (SSSR count). The molecule has 0 radical (unpaired) electrons. The summed E-state index contributed by atoms with van der Waals surface area (Å²) in [5, 5.41) is 4.22. The van der Waals surface area contributed by atoms with Gasteiger partial charge in [-0.25, -0.2) is 0 Å². The van der Waals surface area contributed by atoms with Crippen LogP contribution in [0.3, 0.4) is 0 Å². The second-order valence-electron chi connectivity index (χ2n) is 5.29. The van der Waals surface area contributed by atoms with Crippen molar-refractivity contribution < 1.29 is 0 Å². The van der Waals surface area contributed by atoms with E-state index in [2.05, 4.69) is 62.2 Å². The summed E-state index contributed by atoms with van der Waals surface area (Å²) in [7, 11) is 2.10. The largest absolute Gasteiger partial charge is 0.316 e. The monoisotopic (exact) mass is 249 g/mol. The fourth-order valence-electron chi connectivity index (χ4n) is 2.65. The summed E-state index contributed by atoms with van der Waals surface area (Å²) in [6, 6.07) is 9.55. The molecular weight excluding hydrogens is 226 g/mol. The second-order valence-corrected chi connectivity index (χ2v) is 6.60. The van der Waals surface area contributed by atoms with Gasteiger partial charge in [-0.05, 0) is 51.3 Å². The highest BCUT2D eigenvalue weighted by Gasteiger charge is 2.28. The highest BCUT2D eigenvalue weighted by atomic mass is 32.2. The Bertz CT molecular complexity index is 364. The fourth-order valence-corrected chi connectivity index (χ4v) is 4.27. The third-order valence-corrected chi connectivity index (χ3v) is 5.05. The Balaban J connectivity index is 2.04. The summed E-state index contributed by atoms with van der Waals surface area (Å²) in [6.45, 7) is 4.55. The van der Waals surface area contributed by atoms with Crippen molar-refractivity contribution in [2.45, 2.75) is 49.3 Å². The van der Waals surface area contributed by atoms with E-state index in [1.165, 1.54) is 29.7 Å². The van der Waals surface area contributed by atoms with Crippen molar-refractivity contribution in [3.8, 4) is 0 Å². The van der Waals surface area contributed by atoms with Crippen molar-refractivity contribution in [2.75, 3.05) is 7.05 Å². The molecule has 17 heavy (non-hydrogen) atoms. The molecule has 0 saturated heterocycles. The van der Waals surface area contributed by atoms with Gasteiger partial charge in [0.25, 0.3) is 0 Å². The average Bonchev–Trinajstić information content (AvgIpc) is 2.29. The van der Waals surface area contributed by atoms with Crippen molar-refractivity contribution in [3.05, 3.63) is 29.8 Å². The SMILES string of the molecule is CNC1CCC(C)CC1Sc1cccc(C)c1. The molecule has 1 fully saturated rings. The van der Waals surface area contributed by atoms with Gasteiger partial charge in [-0.1, -0.05) is 24.6 Å². The Morgan fingerprint density at radius 1 is 1.29 bits per heavy atom. The molecule has 0 aliphatic heterocycles. The maximum atomic E-state index is 3.49. The molecule has 3 atom stereocenters. The predicted molar refractivity (Wildman–Crippen MR) is 76.7 cm³/mol. The van der Waals surface area contributed by atoms with E-state index in [4.69, 9.17) is 0 Å². The molecule has 1 N–H and O–H groups in total. The summed E-state index contributed by atoms with van der Waals surface area (Å²) >= 11 is 2.05. The Morgan fingerprint density at radius 2 is 2.12 bits per heavy atom. The first-order valence-electron chi connectivity index (χ1n) is 6.59. The highest BCUT2D eigenvalue weighted by molar-refractivity contribution is 8.00. The van der Waals surface area contributed by atoms with E-state index < -0.39 is 0 Å². The van der Waals surface area contributed by atoms with Crippen molar-refractivity contribution in [1.82, 2.24) is 5.32 Å². The van der Waals surface area contributed by atoms with Gasteiger partial charge in [0.1, 0.15) is 0 Å². The molecule has 94 valence electrons. The second kappa shape index (κ2) is 5.92. The van der Waals surface area contributed by atoms with Gasteiger partial charge in [0.2, 0.25) is 0 Å². The number of thioether (sulfide) groups is 1. The van der Waals surface area contributed by atoms with E-state index in [1.54, 1.807) is 0 Å². The molecule has 0 bridgehead atoms. The van der Waals surface area contributed by atoms with E-state index in [9.17, 15) is 0 Å². The van der Waals surface area contributed by atoms with Crippen molar-refractivity contribution >= 4 is 11.8 Å². The van der Waals surface area contributed by atoms with Gasteiger partial charge in [0.05, 0.1) is 0 Å². The van der Waals surface area contributed by atoms with Gasteiger partial charge >= 0.3 is 0 Å². The quantitative estimate of drug-likeness (QED) is 0.873. The van der Waals surface area contributed by atoms with Crippen molar-refractivity contribution in [2.24, 2.45) is 5.92 Å². The van der Waals surface area contributed by atoms with E-state index in [0.29, 0.717) is 6.04 Å². The minimum absolute atomic E-state index is 0.678. The zero-order valence-corrected chi connectivity index (χ0v) is 11.9. The lowest BCUT2D eigenvalue weighted by atomic mass is 9.87. The maximum Gasteiger partial charge on any atom is 0.0250 e. The Hall–Kier alpha value is -0.470. The summed E-state index contributed by atoms with van der Waals surface area (Å²) in [5.74, 6) is 0.877. The molecule has 1 aliphatic rings. The molecule has 0 heterocycles. The van der Waals surface area contributed by atoms with Gasteiger partial charge in [-0.3, -0.25) is 0 Å². The molecule has 0 amide bonds. The topological polar surface area (TPSA) is 12.0 Å². The lowest BCUT2D eigenvalue weighted by Gasteiger charge is -2.34. The van der Waals surface area contributed by atoms with Crippen LogP contribution in [0.5, 0.6) is 0 Å².